The Morgan fingerprint density at radius 2 is 1.86 bits per heavy atom. The molecule has 2 unspecified atom stereocenters. The second-order valence-corrected chi connectivity index (χ2v) is 14.4. The molecule has 116 valence electrons. The zero-order valence-electron chi connectivity index (χ0n) is 14.1. The number of fused-ring (bicyclic) bond motifs is 7. The molecule has 0 fully saturated rings. The van der Waals surface area contributed by atoms with Gasteiger partial charge in [-0.3, -0.25) is 0 Å². The van der Waals surface area contributed by atoms with Crippen molar-refractivity contribution in [2.75, 3.05) is 0 Å². The highest BCUT2D eigenvalue weighted by Gasteiger charge is 2.41. The van der Waals surface area contributed by atoms with Gasteiger partial charge in [0.1, 0.15) is 0 Å². The molecule has 2 aliphatic rings. The van der Waals surface area contributed by atoms with E-state index >= 15 is 0 Å². The molecule has 0 spiro atoms. The summed E-state index contributed by atoms with van der Waals surface area (Å²) in [5.74, 6) is 1.28. The fourth-order valence-corrected chi connectivity index (χ4v) is 6.53. The largest absolute Gasteiger partial charge is 0.374 e. The summed E-state index contributed by atoms with van der Waals surface area (Å²) in [4.78, 5) is 0. The standard InChI is InChI=1S/C19H24BrNSi/c1-19(2,3)22(4,5)21-9-8-14-16(20)11-15-12-6-7-13(10-12)17(15)18(14)21/h6-9,11-13H,10H2,1-5H3. The average molecular weight is 374 g/mol. The molecule has 4 rings (SSSR count). The Balaban J connectivity index is 2.07. The quantitative estimate of drug-likeness (QED) is 0.402. The van der Waals surface area contributed by atoms with Crippen molar-refractivity contribution in [2.45, 2.75) is 57.2 Å². The molecule has 1 aromatic carbocycles. The molecule has 2 aliphatic carbocycles. The van der Waals surface area contributed by atoms with Crippen LogP contribution in [0.25, 0.3) is 10.9 Å². The van der Waals surface area contributed by atoms with Crippen molar-refractivity contribution < 1.29 is 0 Å². The van der Waals surface area contributed by atoms with Gasteiger partial charge in [0.25, 0.3) is 0 Å². The molecule has 0 amide bonds. The van der Waals surface area contributed by atoms with E-state index in [9.17, 15) is 0 Å². The lowest BCUT2D eigenvalue weighted by Crippen LogP contribution is -2.45. The van der Waals surface area contributed by atoms with Gasteiger partial charge in [0.15, 0.2) is 8.24 Å². The minimum absolute atomic E-state index is 0.335. The fourth-order valence-electron chi connectivity index (χ4n) is 4.00. The van der Waals surface area contributed by atoms with Gasteiger partial charge in [-0.2, -0.15) is 0 Å². The summed E-state index contributed by atoms with van der Waals surface area (Å²) in [5, 5.41) is 1.73. The van der Waals surface area contributed by atoms with E-state index in [0.29, 0.717) is 16.9 Å². The van der Waals surface area contributed by atoms with Crippen molar-refractivity contribution in [3.8, 4) is 0 Å². The summed E-state index contributed by atoms with van der Waals surface area (Å²) in [5.41, 5.74) is 4.68. The number of hydrogen-bond acceptors (Lipinski definition) is 0. The van der Waals surface area contributed by atoms with Crippen LogP contribution in [0.15, 0.2) is 35.0 Å². The van der Waals surface area contributed by atoms with Crippen molar-refractivity contribution in [1.29, 1.82) is 0 Å². The number of allylic oxidation sites excluding steroid dienone is 2. The Morgan fingerprint density at radius 3 is 2.55 bits per heavy atom. The molecule has 2 aromatic rings. The number of halogens is 1. The van der Waals surface area contributed by atoms with Gasteiger partial charge in [0.05, 0.1) is 0 Å². The first-order valence-corrected chi connectivity index (χ1v) is 12.0. The maximum atomic E-state index is 3.83. The van der Waals surface area contributed by atoms with Crippen LogP contribution >= 0.6 is 15.9 Å². The molecule has 0 radical (unpaired) electrons. The average Bonchev–Trinajstić information content (AvgIpc) is 3.10. The molecule has 2 atom stereocenters. The number of aromatic nitrogens is 1. The van der Waals surface area contributed by atoms with Crippen LogP contribution in [0, 0.1) is 0 Å². The Labute approximate surface area is 142 Å². The van der Waals surface area contributed by atoms with E-state index in [1.807, 2.05) is 0 Å². The van der Waals surface area contributed by atoms with Gasteiger partial charge in [-0.15, -0.1) is 0 Å². The van der Waals surface area contributed by atoms with Gasteiger partial charge in [0, 0.05) is 27.2 Å². The van der Waals surface area contributed by atoms with Crippen LogP contribution in [0.5, 0.6) is 0 Å². The monoisotopic (exact) mass is 373 g/mol. The molecule has 0 aliphatic heterocycles. The second kappa shape index (κ2) is 4.39. The zero-order valence-corrected chi connectivity index (χ0v) is 16.7. The highest BCUT2D eigenvalue weighted by molar-refractivity contribution is 9.10. The van der Waals surface area contributed by atoms with Crippen LogP contribution in [-0.4, -0.2) is 12.5 Å². The second-order valence-electron chi connectivity index (χ2n) is 8.45. The van der Waals surface area contributed by atoms with Crippen LogP contribution < -0.4 is 0 Å². The highest BCUT2D eigenvalue weighted by Crippen LogP contribution is 2.53. The first kappa shape index (κ1) is 14.8. The Hall–Kier alpha value is -0.803. The van der Waals surface area contributed by atoms with Gasteiger partial charge in [-0.05, 0) is 40.9 Å². The van der Waals surface area contributed by atoms with E-state index in [1.54, 1.807) is 11.1 Å². The first-order chi connectivity index (χ1) is 10.2. The minimum Gasteiger partial charge on any atom is -0.374 e. The number of nitrogens with zero attached hydrogens (tertiary/aromatic N) is 1. The van der Waals surface area contributed by atoms with Gasteiger partial charge >= 0.3 is 0 Å². The van der Waals surface area contributed by atoms with Crippen molar-refractivity contribution in [1.82, 2.24) is 4.23 Å². The molecule has 1 aromatic heterocycles. The van der Waals surface area contributed by atoms with E-state index in [-0.39, 0.29) is 0 Å². The third-order valence-corrected chi connectivity index (χ3v) is 12.2. The number of benzene rings is 1. The SMILES string of the molecule is CC(C)(C)[Si](C)(C)n1ccc2c(Br)cc3c(c21)C1C=CC3C1. The summed E-state index contributed by atoms with van der Waals surface area (Å²) in [7, 11) is -1.61. The maximum absolute atomic E-state index is 3.83. The fraction of sp³-hybridized carbons (Fsp3) is 0.474. The summed E-state index contributed by atoms with van der Waals surface area (Å²) in [6.45, 7) is 12.2. The first-order valence-electron chi connectivity index (χ1n) is 8.24. The van der Waals surface area contributed by atoms with Gasteiger partial charge in [-0.25, -0.2) is 0 Å². The summed E-state index contributed by atoms with van der Waals surface area (Å²) < 4.78 is 3.93. The molecule has 0 saturated carbocycles. The molecule has 0 N–H and O–H groups in total. The third-order valence-electron chi connectivity index (χ3n) is 6.28. The van der Waals surface area contributed by atoms with E-state index in [1.165, 1.54) is 21.8 Å². The van der Waals surface area contributed by atoms with Crippen LogP contribution in [-0.2, 0) is 0 Å². The molecule has 2 bridgehead atoms. The molecule has 0 saturated heterocycles. The molecule has 1 nitrogen and oxygen atoms in total. The van der Waals surface area contributed by atoms with Gasteiger partial charge < -0.3 is 4.23 Å². The predicted octanol–water partition coefficient (Wildman–Crippen LogP) is 6.40. The third kappa shape index (κ3) is 1.75. The number of rotatable bonds is 1. The molecule has 1 heterocycles. The van der Waals surface area contributed by atoms with Crippen LogP contribution in [0.4, 0.5) is 0 Å². The zero-order chi connectivity index (χ0) is 15.9. The van der Waals surface area contributed by atoms with E-state index in [4.69, 9.17) is 0 Å². The topological polar surface area (TPSA) is 4.93 Å². The van der Waals surface area contributed by atoms with Crippen molar-refractivity contribution in [3.05, 3.63) is 46.1 Å². The van der Waals surface area contributed by atoms with Crippen molar-refractivity contribution in [3.63, 3.8) is 0 Å². The highest BCUT2D eigenvalue weighted by atomic mass is 79.9. The van der Waals surface area contributed by atoms with E-state index in [2.05, 4.69) is 84.5 Å². The predicted molar refractivity (Wildman–Crippen MR) is 101 cm³/mol. The lowest BCUT2D eigenvalue weighted by atomic mass is 9.95. The maximum Gasteiger partial charge on any atom is 0.161 e. The van der Waals surface area contributed by atoms with E-state index < -0.39 is 8.24 Å². The van der Waals surface area contributed by atoms with Crippen molar-refractivity contribution in [2.24, 2.45) is 0 Å². The number of hydrogen-bond donors (Lipinski definition) is 0. The molecular weight excluding hydrogens is 350 g/mol. The lowest BCUT2D eigenvalue weighted by Gasteiger charge is -2.39. The van der Waals surface area contributed by atoms with Gasteiger partial charge in [-0.1, -0.05) is 61.9 Å². The smallest absolute Gasteiger partial charge is 0.161 e. The Morgan fingerprint density at radius 1 is 1.18 bits per heavy atom. The molecular formula is C19H24BrNSi. The Bertz CT molecular complexity index is 807. The summed E-state index contributed by atoms with van der Waals surface area (Å²) >= 11 is 3.83. The van der Waals surface area contributed by atoms with Crippen molar-refractivity contribution >= 4 is 35.1 Å². The van der Waals surface area contributed by atoms with Crippen LogP contribution in [0.1, 0.15) is 50.2 Å². The minimum atomic E-state index is -1.61. The summed E-state index contributed by atoms with van der Waals surface area (Å²) in [6, 6.07) is 4.69. The van der Waals surface area contributed by atoms with E-state index in [0.717, 1.165) is 0 Å². The normalized spacial score (nSPS) is 23.5. The van der Waals surface area contributed by atoms with Gasteiger partial charge in [0.2, 0.25) is 0 Å². The Kier molecular flexibility index (Phi) is 2.94. The van der Waals surface area contributed by atoms with Crippen LogP contribution in [0.3, 0.4) is 0 Å². The van der Waals surface area contributed by atoms with Crippen LogP contribution in [0.2, 0.25) is 18.1 Å². The lowest BCUT2D eigenvalue weighted by molar-refractivity contribution is 0.702. The molecule has 22 heavy (non-hydrogen) atoms. The summed E-state index contributed by atoms with van der Waals surface area (Å²) in [6.07, 6.45) is 8.47. The molecule has 3 heteroatoms.